The van der Waals surface area contributed by atoms with Gasteiger partial charge in [0.05, 0.1) is 16.0 Å². The van der Waals surface area contributed by atoms with E-state index in [2.05, 4.69) is 9.97 Å². The zero-order valence-corrected chi connectivity index (χ0v) is 11.9. The number of nitro benzene ring substituents is 1. The fraction of sp³-hybridized carbons (Fsp3) is 0. The molecular formula is C15H9N3O6. The van der Waals surface area contributed by atoms with E-state index in [1.165, 1.54) is 6.07 Å². The Labute approximate surface area is 133 Å². The average molecular weight is 327 g/mol. The standard InChI is InChI=1S/C15H9N3O6/c19-14-13(15(20)21)16-10-7-12(24-8-4-2-1-3-5-8)11(18(22)23)6-9(10)17-14/h1-7H,(H,17,19)(H,20,21). The number of rotatable bonds is 4. The van der Waals surface area contributed by atoms with Gasteiger partial charge in [0.25, 0.3) is 5.56 Å². The zero-order chi connectivity index (χ0) is 17.3. The first kappa shape index (κ1) is 15.2. The van der Waals surface area contributed by atoms with Crippen LogP contribution in [-0.2, 0) is 0 Å². The number of para-hydroxylation sites is 1. The smallest absolute Gasteiger partial charge is 0.360 e. The highest BCUT2D eigenvalue weighted by Gasteiger charge is 2.20. The Morgan fingerprint density at radius 1 is 1.25 bits per heavy atom. The van der Waals surface area contributed by atoms with Crippen molar-refractivity contribution in [3.8, 4) is 11.5 Å². The number of H-pyrrole nitrogens is 1. The molecule has 0 atom stereocenters. The van der Waals surface area contributed by atoms with Crippen LogP contribution in [0.25, 0.3) is 11.0 Å². The minimum absolute atomic E-state index is 0.0390. The Kier molecular flexibility index (Phi) is 3.66. The maximum Gasteiger partial charge on any atom is 0.360 e. The molecule has 0 saturated heterocycles. The number of carbonyl (C=O) groups is 1. The Morgan fingerprint density at radius 3 is 2.58 bits per heavy atom. The lowest BCUT2D eigenvalue weighted by Gasteiger charge is -2.07. The molecule has 1 aromatic heterocycles. The first-order valence-electron chi connectivity index (χ1n) is 6.64. The first-order valence-corrected chi connectivity index (χ1v) is 6.64. The van der Waals surface area contributed by atoms with Gasteiger partial charge in [-0.15, -0.1) is 0 Å². The fourth-order valence-electron chi connectivity index (χ4n) is 2.09. The van der Waals surface area contributed by atoms with Gasteiger partial charge in [-0.2, -0.15) is 0 Å². The molecule has 24 heavy (non-hydrogen) atoms. The molecule has 2 N–H and O–H groups in total. The van der Waals surface area contributed by atoms with Crippen LogP contribution in [0, 0.1) is 10.1 Å². The lowest BCUT2D eigenvalue weighted by atomic mass is 10.2. The third kappa shape index (κ3) is 2.77. The van der Waals surface area contributed by atoms with Crippen LogP contribution in [0.3, 0.4) is 0 Å². The van der Waals surface area contributed by atoms with Gasteiger partial charge in [0.1, 0.15) is 5.75 Å². The number of nitrogens with one attached hydrogen (secondary N) is 1. The van der Waals surface area contributed by atoms with Gasteiger partial charge in [-0.3, -0.25) is 14.9 Å². The number of carboxylic acid groups (broad SMARTS) is 1. The third-order valence-corrected chi connectivity index (χ3v) is 3.14. The van der Waals surface area contributed by atoms with E-state index in [1.54, 1.807) is 30.3 Å². The number of carboxylic acids is 1. The van der Waals surface area contributed by atoms with Gasteiger partial charge in [-0.1, -0.05) is 18.2 Å². The molecule has 0 amide bonds. The molecule has 0 fully saturated rings. The van der Waals surface area contributed by atoms with Crippen LogP contribution < -0.4 is 10.3 Å². The van der Waals surface area contributed by atoms with E-state index in [1.807, 2.05) is 0 Å². The highest BCUT2D eigenvalue weighted by molar-refractivity contribution is 5.89. The largest absolute Gasteiger partial charge is 0.476 e. The summed E-state index contributed by atoms with van der Waals surface area (Å²) in [7, 11) is 0. The molecule has 0 aliphatic heterocycles. The summed E-state index contributed by atoms with van der Waals surface area (Å²) in [5, 5.41) is 20.2. The summed E-state index contributed by atoms with van der Waals surface area (Å²) < 4.78 is 5.49. The van der Waals surface area contributed by atoms with Crippen LogP contribution in [0.5, 0.6) is 11.5 Å². The number of ether oxygens (including phenoxy) is 1. The summed E-state index contributed by atoms with van der Waals surface area (Å²) in [4.78, 5) is 39.2. The summed E-state index contributed by atoms with van der Waals surface area (Å²) in [5.41, 5.74) is -1.93. The maximum atomic E-state index is 11.6. The predicted molar refractivity (Wildman–Crippen MR) is 82.5 cm³/mol. The van der Waals surface area contributed by atoms with Crippen LogP contribution in [0.2, 0.25) is 0 Å². The molecule has 0 bridgehead atoms. The second kappa shape index (κ2) is 5.80. The lowest BCUT2D eigenvalue weighted by Crippen LogP contribution is -2.19. The molecule has 2 aromatic carbocycles. The van der Waals surface area contributed by atoms with E-state index >= 15 is 0 Å². The number of fused-ring (bicyclic) bond motifs is 1. The van der Waals surface area contributed by atoms with Crippen molar-refractivity contribution in [2.45, 2.75) is 0 Å². The topological polar surface area (TPSA) is 135 Å². The molecule has 0 radical (unpaired) electrons. The van der Waals surface area contributed by atoms with Crippen LogP contribution in [0.15, 0.2) is 47.3 Å². The normalized spacial score (nSPS) is 10.5. The van der Waals surface area contributed by atoms with Crippen molar-refractivity contribution in [1.82, 2.24) is 9.97 Å². The third-order valence-electron chi connectivity index (χ3n) is 3.14. The Morgan fingerprint density at radius 2 is 1.96 bits per heavy atom. The van der Waals surface area contributed by atoms with Gasteiger partial charge < -0.3 is 14.8 Å². The SMILES string of the molecule is O=C(O)c1nc2cc(Oc3ccccc3)c([N+](=O)[O-])cc2[nH]c1=O. The van der Waals surface area contributed by atoms with Crippen LogP contribution >= 0.6 is 0 Å². The van der Waals surface area contributed by atoms with Gasteiger partial charge >= 0.3 is 11.7 Å². The quantitative estimate of drug-likeness (QED) is 0.554. The maximum absolute atomic E-state index is 11.6. The zero-order valence-electron chi connectivity index (χ0n) is 11.9. The number of hydrogen-bond acceptors (Lipinski definition) is 6. The van der Waals surface area contributed by atoms with Crippen molar-refractivity contribution in [2.75, 3.05) is 0 Å². The molecule has 0 unspecified atom stereocenters. The van der Waals surface area contributed by atoms with E-state index in [0.29, 0.717) is 5.75 Å². The summed E-state index contributed by atoms with van der Waals surface area (Å²) in [6.45, 7) is 0. The molecule has 9 heteroatoms. The van der Waals surface area contributed by atoms with Gasteiger partial charge in [0.15, 0.2) is 0 Å². The molecule has 0 saturated carbocycles. The summed E-state index contributed by atoms with van der Waals surface area (Å²) in [6, 6.07) is 10.7. The van der Waals surface area contributed by atoms with E-state index < -0.39 is 22.1 Å². The van der Waals surface area contributed by atoms with Crippen LogP contribution in [0.1, 0.15) is 10.5 Å². The summed E-state index contributed by atoms with van der Waals surface area (Å²) in [6.07, 6.45) is 0. The number of aromatic nitrogens is 2. The van der Waals surface area contributed by atoms with E-state index in [4.69, 9.17) is 9.84 Å². The molecular weight excluding hydrogens is 318 g/mol. The minimum atomic E-state index is -1.50. The molecule has 0 aliphatic rings. The molecule has 9 nitrogen and oxygen atoms in total. The molecule has 0 aliphatic carbocycles. The minimum Gasteiger partial charge on any atom is -0.476 e. The van der Waals surface area contributed by atoms with Gasteiger partial charge in [0.2, 0.25) is 11.4 Å². The van der Waals surface area contributed by atoms with E-state index in [9.17, 15) is 19.7 Å². The summed E-state index contributed by atoms with van der Waals surface area (Å²) in [5.74, 6) is -1.25. The molecule has 3 aromatic rings. The Hall–Kier alpha value is -3.75. The fourth-order valence-corrected chi connectivity index (χ4v) is 2.09. The number of aromatic carboxylic acids is 1. The number of nitro groups is 1. The lowest BCUT2D eigenvalue weighted by molar-refractivity contribution is -0.385. The number of aromatic amines is 1. The second-order valence-electron chi connectivity index (χ2n) is 4.73. The van der Waals surface area contributed by atoms with Gasteiger partial charge in [-0.05, 0) is 12.1 Å². The van der Waals surface area contributed by atoms with Crippen molar-refractivity contribution < 1.29 is 19.6 Å². The Bertz CT molecular complexity index is 1010. The van der Waals surface area contributed by atoms with Crippen molar-refractivity contribution in [2.24, 2.45) is 0 Å². The van der Waals surface area contributed by atoms with Crippen molar-refractivity contribution in [3.63, 3.8) is 0 Å². The summed E-state index contributed by atoms with van der Waals surface area (Å²) >= 11 is 0. The number of benzene rings is 2. The first-order chi connectivity index (χ1) is 11.5. The van der Waals surface area contributed by atoms with Crippen LogP contribution in [-0.4, -0.2) is 26.0 Å². The highest BCUT2D eigenvalue weighted by atomic mass is 16.6. The van der Waals surface area contributed by atoms with Gasteiger partial charge in [-0.25, -0.2) is 9.78 Å². The molecule has 120 valence electrons. The molecule has 0 spiro atoms. The Balaban J connectivity index is 2.21. The van der Waals surface area contributed by atoms with Gasteiger partial charge in [0, 0.05) is 12.1 Å². The van der Waals surface area contributed by atoms with Crippen molar-refractivity contribution in [1.29, 1.82) is 0 Å². The monoisotopic (exact) mass is 327 g/mol. The average Bonchev–Trinajstić information content (AvgIpc) is 2.54. The second-order valence-corrected chi connectivity index (χ2v) is 4.73. The number of nitrogens with zero attached hydrogens (tertiary/aromatic N) is 2. The van der Waals surface area contributed by atoms with Crippen molar-refractivity contribution in [3.05, 3.63) is 68.6 Å². The predicted octanol–water partition coefficient (Wildman–Crippen LogP) is 2.32. The van der Waals surface area contributed by atoms with Crippen LogP contribution in [0.4, 0.5) is 5.69 Å². The van der Waals surface area contributed by atoms with E-state index in [-0.39, 0.29) is 22.5 Å². The van der Waals surface area contributed by atoms with E-state index in [0.717, 1.165) is 6.07 Å². The highest BCUT2D eigenvalue weighted by Crippen LogP contribution is 2.33. The molecule has 1 heterocycles. The van der Waals surface area contributed by atoms with Crippen molar-refractivity contribution >= 4 is 22.7 Å². The number of hydrogen-bond donors (Lipinski definition) is 2. The molecule has 3 rings (SSSR count).